The first-order valence-corrected chi connectivity index (χ1v) is 5.99. The van der Waals surface area contributed by atoms with Crippen LogP contribution in [-0.4, -0.2) is 19.3 Å². The van der Waals surface area contributed by atoms with Crippen LogP contribution in [0.4, 0.5) is 0 Å². The van der Waals surface area contributed by atoms with E-state index in [1.54, 1.807) is 7.11 Å². The number of methoxy groups -OCH3 is 1. The summed E-state index contributed by atoms with van der Waals surface area (Å²) in [5.41, 5.74) is 8.35. The Kier molecular flexibility index (Phi) is 5.26. The molecule has 2 atom stereocenters. The summed E-state index contributed by atoms with van der Waals surface area (Å²) in [5, 5.41) is 0.793. The average molecular weight is 242 g/mol. The number of hydrogen-bond acceptors (Lipinski definition) is 2. The molecule has 0 aliphatic heterocycles. The summed E-state index contributed by atoms with van der Waals surface area (Å²) in [6.07, 6.45) is 1.77. The molecule has 0 spiro atoms. The molecule has 0 saturated carbocycles. The second kappa shape index (κ2) is 6.24. The number of aryl methyl sites for hydroxylation is 1. The van der Waals surface area contributed by atoms with Gasteiger partial charge in [-0.3, -0.25) is 0 Å². The van der Waals surface area contributed by atoms with Crippen LogP contribution in [0.15, 0.2) is 18.2 Å². The standard InChI is InChI=1S/C13H20ClNO/c1-4-13(16-3)12(15)8-10-6-5-9(2)7-11(10)14/h5-7,12-13H,4,8,15H2,1-3H3. The van der Waals surface area contributed by atoms with E-state index in [4.69, 9.17) is 22.1 Å². The highest BCUT2D eigenvalue weighted by molar-refractivity contribution is 6.31. The molecule has 2 unspecified atom stereocenters. The van der Waals surface area contributed by atoms with Gasteiger partial charge in [-0.05, 0) is 37.0 Å². The van der Waals surface area contributed by atoms with Crippen LogP contribution in [0, 0.1) is 6.92 Å². The quantitative estimate of drug-likeness (QED) is 0.860. The third-order valence-corrected chi connectivity index (χ3v) is 3.20. The van der Waals surface area contributed by atoms with Gasteiger partial charge in [-0.25, -0.2) is 0 Å². The molecule has 1 rings (SSSR count). The second-order valence-electron chi connectivity index (χ2n) is 4.15. The van der Waals surface area contributed by atoms with Crippen LogP contribution in [0.3, 0.4) is 0 Å². The molecule has 0 aliphatic rings. The Bertz CT molecular complexity index is 337. The third kappa shape index (κ3) is 3.48. The molecule has 0 saturated heterocycles. The van der Waals surface area contributed by atoms with Crippen molar-refractivity contribution < 1.29 is 4.74 Å². The van der Waals surface area contributed by atoms with Gasteiger partial charge in [0.05, 0.1) is 6.10 Å². The van der Waals surface area contributed by atoms with Gasteiger partial charge >= 0.3 is 0 Å². The van der Waals surface area contributed by atoms with Gasteiger partial charge in [0.25, 0.3) is 0 Å². The van der Waals surface area contributed by atoms with Gasteiger partial charge < -0.3 is 10.5 Å². The zero-order chi connectivity index (χ0) is 12.1. The van der Waals surface area contributed by atoms with E-state index in [1.807, 2.05) is 19.1 Å². The molecule has 3 heteroatoms. The van der Waals surface area contributed by atoms with Gasteiger partial charge in [0.2, 0.25) is 0 Å². The van der Waals surface area contributed by atoms with Crippen molar-refractivity contribution in [3.05, 3.63) is 34.3 Å². The molecule has 1 aromatic rings. The van der Waals surface area contributed by atoms with Crippen molar-refractivity contribution in [3.63, 3.8) is 0 Å². The van der Waals surface area contributed by atoms with Crippen molar-refractivity contribution >= 4 is 11.6 Å². The number of ether oxygens (including phenoxy) is 1. The highest BCUT2D eigenvalue weighted by Gasteiger charge is 2.16. The molecule has 0 aliphatic carbocycles. The fourth-order valence-electron chi connectivity index (χ4n) is 1.85. The summed E-state index contributed by atoms with van der Waals surface area (Å²) in [4.78, 5) is 0. The van der Waals surface area contributed by atoms with Crippen LogP contribution < -0.4 is 5.73 Å². The Labute approximate surface area is 103 Å². The lowest BCUT2D eigenvalue weighted by Gasteiger charge is -2.21. The monoisotopic (exact) mass is 241 g/mol. The zero-order valence-corrected chi connectivity index (χ0v) is 10.9. The maximum Gasteiger partial charge on any atom is 0.0722 e. The first-order chi connectivity index (χ1) is 7.58. The summed E-state index contributed by atoms with van der Waals surface area (Å²) in [5.74, 6) is 0. The predicted octanol–water partition coefficient (Wildman–Crippen LogP) is 2.94. The lowest BCUT2D eigenvalue weighted by atomic mass is 9.99. The molecule has 0 fully saturated rings. The maximum absolute atomic E-state index is 6.17. The highest BCUT2D eigenvalue weighted by atomic mass is 35.5. The average Bonchev–Trinajstić information content (AvgIpc) is 2.24. The lowest BCUT2D eigenvalue weighted by Crippen LogP contribution is -2.37. The lowest BCUT2D eigenvalue weighted by molar-refractivity contribution is 0.0773. The number of nitrogens with two attached hydrogens (primary N) is 1. The summed E-state index contributed by atoms with van der Waals surface area (Å²) < 4.78 is 5.33. The van der Waals surface area contributed by atoms with Crippen molar-refractivity contribution in [1.29, 1.82) is 0 Å². The summed E-state index contributed by atoms with van der Waals surface area (Å²) in [6.45, 7) is 4.10. The van der Waals surface area contributed by atoms with Crippen LogP contribution in [0.5, 0.6) is 0 Å². The molecule has 1 aromatic carbocycles. The Morgan fingerprint density at radius 1 is 1.44 bits per heavy atom. The fraction of sp³-hybridized carbons (Fsp3) is 0.538. The van der Waals surface area contributed by atoms with Gasteiger partial charge in [-0.2, -0.15) is 0 Å². The van der Waals surface area contributed by atoms with E-state index in [9.17, 15) is 0 Å². The van der Waals surface area contributed by atoms with Gasteiger partial charge in [-0.15, -0.1) is 0 Å². The van der Waals surface area contributed by atoms with Gasteiger partial charge in [-0.1, -0.05) is 30.7 Å². The molecule has 0 amide bonds. The minimum absolute atomic E-state index is 0.00444. The maximum atomic E-state index is 6.17. The number of rotatable bonds is 5. The van der Waals surface area contributed by atoms with Crippen LogP contribution in [0.1, 0.15) is 24.5 Å². The summed E-state index contributed by atoms with van der Waals surface area (Å²) >= 11 is 6.17. The Morgan fingerprint density at radius 2 is 2.12 bits per heavy atom. The Hall–Kier alpha value is -0.570. The Balaban J connectivity index is 2.72. The predicted molar refractivity (Wildman–Crippen MR) is 69.0 cm³/mol. The van der Waals surface area contributed by atoms with Crippen molar-refractivity contribution in [2.75, 3.05) is 7.11 Å². The van der Waals surface area contributed by atoms with Crippen molar-refractivity contribution in [2.24, 2.45) is 5.73 Å². The van der Waals surface area contributed by atoms with Crippen LogP contribution in [0.25, 0.3) is 0 Å². The number of benzene rings is 1. The summed E-state index contributed by atoms with van der Waals surface area (Å²) in [7, 11) is 1.70. The molecule has 2 nitrogen and oxygen atoms in total. The van der Waals surface area contributed by atoms with E-state index in [0.29, 0.717) is 0 Å². The molecule has 0 aromatic heterocycles. The van der Waals surface area contributed by atoms with E-state index in [-0.39, 0.29) is 12.1 Å². The van der Waals surface area contributed by atoms with E-state index in [1.165, 1.54) is 5.56 Å². The van der Waals surface area contributed by atoms with Crippen molar-refractivity contribution in [1.82, 2.24) is 0 Å². The zero-order valence-electron chi connectivity index (χ0n) is 10.2. The van der Waals surface area contributed by atoms with Gasteiger partial charge in [0.1, 0.15) is 0 Å². The molecular weight excluding hydrogens is 222 g/mol. The SMILES string of the molecule is CCC(OC)C(N)Cc1ccc(C)cc1Cl. The van der Waals surface area contributed by atoms with Gasteiger partial charge in [0, 0.05) is 18.2 Å². The fourth-order valence-corrected chi connectivity index (χ4v) is 2.16. The normalized spacial score (nSPS) is 14.8. The molecule has 0 radical (unpaired) electrons. The molecule has 90 valence electrons. The van der Waals surface area contributed by atoms with E-state index in [2.05, 4.69) is 13.0 Å². The van der Waals surface area contributed by atoms with Crippen LogP contribution in [0.2, 0.25) is 5.02 Å². The smallest absolute Gasteiger partial charge is 0.0722 e. The number of hydrogen-bond donors (Lipinski definition) is 1. The van der Waals surface area contributed by atoms with E-state index < -0.39 is 0 Å². The minimum atomic E-state index is -0.00444. The Morgan fingerprint density at radius 3 is 2.62 bits per heavy atom. The molecule has 0 heterocycles. The highest BCUT2D eigenvalue weighted by Crippen LogP contribution is 2.20. The first-order valence-electron chi connectivity index (χ1n) is 5.61. The van der Waals surface area contributed by atoms with Gasteiger partial charge in [0.15, 0.2) is 0 Å². The minimum Gasteiger partial charge on any atom is -0.380 e. The van der Waals surface area contributed by atoms with Crippen molar-refractivity contribution in [2.45, 2.75) is 38.8 Å². The third-order valence-electron chi connectivity index (χ3n) is 2.85. The van der Waals surface area contributed by atoms with Crippen LogP contribution >= 0.6 is 11.6 Å². The van der Waals surface area contributed by atoms with E-state index in [0.717, 1.165) is 23.4 Å². The number of halogens is 1. The molecule has 0 bridgehead atoms. The first kappa shape index (κ1) is 13.5. The molecule has 16 heavy (non-hydrogen) atoms. The molecule has 2 N–H and O–H groups in total. The van der Waals surface area contributed by atoms with Crippen molar-refractivity contribution in [3.8, 4) is 0 Å². The van der Waals surface area contributed by atoms with Crippen LogP contribution in [-0.2, 0) is 11.2 Å². The largest absolute Gasteiger partial charge is 0.380 e. The second-order valence-corrected chi connectivity index (χ2v) is 4.55. The summed E-state index contributed by atoms with van der Waals surface area (Å²) in [6, 6.07) is 6.06. The topological polar surface area (TPSA) is 35.2 Å². The van der Waals surface area contributed by atoms with E-state index >= 15 is 0 Å². The molecular formula is C13H20ClNO.